The number of aromatic nitrogens is 2. The zero-order valence-electron chi connectivity index (χ0n) is 9.87. The van der Waals surface area contributed by atoms with E-state index in [1.807, 2.05) is 38.1 Å². The Hall–Kier alpha value is -1.26. The van der Waals surface area contributed by atoms with Crippen LogP contribution < -0.4 is 5.73 Å². The number of halogens is 1. The van der Waals surface area contributed by atoms with Crippen molar-refractivity contribution < 1.29 is 0 Å². The maximum Gasteiger partial charge on any atom is 0.160 e. The molecule has 1 aromatic heterocycles. The van der Waals surface area contributed by atoms with E-state index in [4.69, 9.17) is 5.73 Å². The molecule has 2 aromatic rings. The summed E-state index contributed by atoms with van der Waals surface area (Å²) < 4.78 is 0.999. The number of benzene rings is 1. The maximum atomic E-state index is 5.68. The van der Waals surface area contributed by atoms with Gasteiger partial charge in [0.25, 0.3) is 0 Å². The molecular formula is C13H14BrN3. The molecule has 0 aliphatic rings. The highest BCUT2D eigenvalue weighted by atomic mass is 79.9. The number of nitrogens with zero attached hydrogens (tertiary/aromatic N) is 2. The largest absolute Gasteiger partial charge is 0.326 e. The van der Waals surface area contributed by atoms with Crippen LogP contribution in [-0.4, -0.2) is 9.97 Å². The van der Waals surface area contributed by atoms with Gasteiger partial charge in [-0.2, -0.15) is 0 Å². The first kappa shape index (κ1) is 12.2. The van der Waals surface area contributed by atoms with Gasteiger partial charge in [-0.15, -0.1) is 0 Å². The molecule has 4 heteroatoms. The van der Waals surface area contributed by atoms with Gasteiger partial charge >= 0.3 is 0 Å². The quantitative estimate of drug-likeness (QED) is 0.925. The Labute approximate surface area is 109 Å². The molecule has 0 atom stereocenters. The minimum atomic E-state index is 0.480. The van der Waals surface area contributed by atoms with Crippen LogP contribution in [0.5, 0.6) is 0 Å². The molecule has 88 valence electrons. The molecule has 0 saturated heterocycles. The van der Waals surface area contributed by atoms with E-state index in [2.05, 4.69) is 25.9 Å². The third-order valence-corrected chi connectivity index (χ3v) is 3.43. The minimum Gasteiger partial charge on any atom is -0.326 e. The van der Waals surface area contributed by atoms with Crippen LogP contribution in [0.3, 0.4) is 0 Å². The first-order valence-electron chi connectivity index (χ1n) is 5.42. The summed E-state index contributed by atoms with van der Waals surface area (Å²) in [6.07, 6.45) is 0. The smallest absolute Gasteiger partial charge is 0.160 e. The van der Waals surface area contributed by atoms with Crippen LogP contribution >= 0.6 is 15.9 Å². The monoisotopic (exact) mass is 291 g/mol. The van der Waals surface area contributed by atoms with Crippen LogP contribution in [0.2, 0.25) is 0 Å². The SMILES string of the molecule is Cc1nc(-c2ccccc2Br)nc(C)c1CN. The van der Waals surface area contributed by atoms with Crippen molar-refractivity contribution in [1.82, 2.24) is 9.97 Å². The van der Waals surface area contributed by atoms with Gasteiger partial charge in [0.05, 0.1) is 0 Å². The Morgan fingerprint density at radius 1 is 1.12 bits per heavy atom. The molecule has 0 spiro atoms. The second-order valence-electron chi connectivity index (χ2n) is 3.88. The Morgan fingerprint density at radius 2 is 1.71 bits per heavy atom. The van der Waals surface area contributed by atoms with Crippen LogP contribution in [0.1, 0.15) is 17.0 Å². The lowest BCUT2D eigenvalue weighted by Gasteiger charge is -2.09. The predicted octanol–water partition coefficient (Wildman–Crippen LogP) is 2.98. The van der Waals surface area contributed by atoms with Crippen molar-refractivity contribution in [2.45, 2.75) is 20.4 Å². The molecule has 0 amide bonds. The van der Waals surface area contributed by atoms with Crippen molar-refractivity contribution in [3.05, 3.63) is 45.7 Å². The van der Waals surface area contributed by atoms with E-state index in [-0.39, 0.29) is 0 Å². The molecule has 3 nitrogen and oxygen atoms in total. The zero-order valence-corrected chi connectivity index (χ0v) is 11.5. The molecule has 1 heterocycles. The molecule has 2 rings (SSSR count). The third kappa shape index (κ3) is 2.37. The summed E-state index contributed by atoms with van der Waals surface area (Å²) in [5.41, 5.74) is 9.61. The summed E-state index contributed by atoms with van der Waals surface area (Å²) in [5.74, 6) is 0.740. The van der Waals surface area contributed by atoms with Crippen molar-refractivity contribution in [3.8, 4) is 11.4 Å². The number of aryl methyl sites for hydroxylation is 2. The minimum absolute atomic E-state index is 0.480. The van der Waals surface area contributed by atoms with Gasteiger partial charge in [0.1, 0.15) is 0 Å². The molecule has 17 heavy (non-hydrogen) atoms. The number of nitrogens with two attached hydrogens (primary N) is 1. The first-order valence-corrected chi connectivity index (χ1v) is 6.22. The molecule has 0 bridgehead atoms. The van der Waals surface area contributed by atoms with Crippen LogP contribution in [0.25, 0.3) is 11.4 Å². The van der Waals surface area contributed by atoms with Gasteiger partial charge in [-0.1, -0.05) is 34.1 Å². The van der Waals surface area contributed by atoms with Crippen LogP contribution in [0.15, 0.2) is 28.7 Å². The fourth-order valence-electron chi connectivity index (χ4n) is 1.80. The van der Waals surface area contributed by atoms with Gasteiger partial charge < -0.3 is 5.73 Å². The van der Waals surface area contributed by atoms with Crippen molar-refractivity contribution >= 4 is 15.9 Å². The summed E-state index contributed by atoms with van der Waals surface area (Å²) in [7, 11) is 0. The van der Waals surface area contributed by atoms with Crippen LogP contribution in [0, 0.1) is 13.8 Å². The summed E-state index contributed by atoms with van der Waals surface area (Å²) in [6.45, 7) is 4.42. The molecule has 0 radical (unpaired) electrons. The average molecular weight is 292 g/mol. The van der Waals surface area contributed by atoms with Crippen molar-refractivity contribution in [3.63, 3.8) is 0 Å². The summed E-state index contributed by atoms with van der Waals surface area (Å²) in [5, 5.41) is 0. The highest BCUT2D eigenvalue weighted by Gasteiger charge is 2.10. The number of rotatable bonds is 2. The summed E-state index contributed by atoms with van der Waals surface area (Å²) >= 11 is 3.51. The maximum absolute atomic E-state index is 5.68. The topological polar surface area (TPSA) is 51.8 Å². The molecule has 0 unspecified atom stereocenters. The van der Waals surface area contributed by atoms with Crippen molar-refractivity contribution in [1.29, 1.82) is 0 Å². The fourth-order valence-corrected chi connectivity index (χ4v) is 2.26. The Morgan fingerprint density at radius 3 is 2.24 bits per heavy atom. The lowest BCUT2D eigenvalue weighted by Crippen LogP contribution is -2.07. The summed E-state index contributed by atoms with van der Waals surface area (Å²) in [6, 6.07) is 7.94. The van der Waals surface area contributed by atoms with Crippen LogP contribution in [0.4, 0.5) is 0 Å². The van der Waals surface area contributed by atoms with E-state index in [9.17, 15) is 0 Å². The van der Waals surface area contributed by atoms with E-state index >= 15 is 0 Å². The molecule has 0 saturated carbocycles. The van der Waals surface area contributed by atoms with E-state index in [0.29, 0.717) is 6.54 Å². The van der Waals surface area contributed by atoms with E-state index in [0.717, 1.165) is 32.8 Å². The third-order valence-electron chi connectivity index (χ3n) is 2.74. The standard InChI is InChI=1S/C13H14BrN3/c1-8-11(7-15)9(2)17-13(16-8)10-5-3-4-6-12(10)14/h3-6H,7,15H2,1-2H3. The van der Waals surface area contributed by atoms with E-state index in [1.165, 1.54) is 0 Å². The average Bonchev–Trinajstić information content (AvgIpc) is 2.29. The predicted molar refractivity (Wildman–Crippen MR) is 72.5 cm³/mol. The lowest BCUT2D eigenvalue weighted by atomic mass is 10.1. The highest BCUT2D eigenvalue weighted by Crippen LogP contribution is 2.26. The van der Waals surface area contributed by atoms with Gasteiger partial charge in [-0.3, -0.25) is 0 Å². The zero-order chi connectivity index (χ0) is 12.4. The Balaban J connectivity index is 2.59. The Kier molecular flexibility index (Phi) is 3.54. The normalized spacial score (nSPS) is 10.6. The molecule has 1 aromatic carbocycles. The molecular weight excluding hydrogens is 278 g/mol. The van der Waals surface area contributed by atoms with Crippen LogP contribution in [-0.2, 0) is 6.54 Å². The van der Waals surface area contributed by atoms with Gasteiger partial charge in [0.15, 0.2) is 5.82 Å². The van der Waals surface area contributed by atoms with Gasteiger partial charge in [0.2, 0.25) is 0 Å². The van der Waals surface area contributed by atoms with E-state index in [1.54, 1.807) is 0 Å². The molecule has 0 aliphatic carbocycles. The summed E-state index contributed by atoms with van der Waals surface area (Å²) in [4.78, 5) is 9.03. The fraction of sp³-hybridized carbons (Fsp3) is 0.231. The van der Waals surface area contributed by atoms with Crippen molar-refractivity contribution in [2.75, 3.05) is 0 Å². The second-order valence-corrected chi connectivity index (χ2v) is 4.73. The highest BCUT2D eigenvalue weighted by molar-refractivity contribution is 9.10. The Bertz CT molecular complexity index is 529. The molecule has 0 fully saturated rings. The van der Waals surface area contributed by atoms with E-state index < -0.39 is 0 Å². The van der Waals surface area contributed by atoms with Gasteiger partial charge in [-0.25, -0.2) is 9.97 Å². The van der Waals surface area contributed by atoms with Gasteiger partial charge in [0, 0.05) is 33.5 Å². The molecule has 0 aliphatic heterocycles. The number of hydrogen-bond donors (Lipinski definition) is 1. The first-order chi connectivity index (χ1) is 8.13. The number of hydrogen-bond acceptors (Lipinski definition) is 3. The lowest BCUT2D eigenvalue weighted by molar-refractivity contribution is 0.938. The van der Waals surface area contributed by atoms with Gasteiger partial charge in [-0.05, 0) is 19.9 Å². The van der Waals surface area contributed by atoms with Crippen molar-refractivity contribution in [2.24, 2.45) is 5.73 Å². The second kappa shape index (κ2) is 4.94. The molecule has 2 N–H and O–H groups in total.